The van der Waals surface area contributed by atoms with Gasteiger partial charge in [-0.05, 0) is 37.3 Å². The highest BCUT2D eigenvalue weighted by atomic mass is 19.1. The molecule has 0 saturated carbocycles. The molecule has 0 spiro atoms. The summed E-state index contributed by atoms with van der Waals surface area (Å²) >= 11 is 0. The quantitative estimate of drug-likeness (QED) is 0.744. The van der Waals surface area contributed by atoms with Crippen LogP contribution in [0.3, 0.4) is 0 Å². The molecule has 8 nitrogen and oxygen atoms in total. The molecule has 0 aliphatic rings. The molecule has 1 atom stereocenters. The number of hydrogen-bond acceptors (Lipinski definition) is 6. The van der Waals surface area contributed by atoms with Crippen LogP contribution in [0.2, 0.25) is 0 Å². The van der Waals surface area contributed by atoms with Crippen LogP contribution in [0, 0.1) is 12.7 Å². The van der Waals surface area contributed by atoms with Gasteiger partial charge in [0.05, 0.1) is 12.2 Å². The van der Waals surface area contributed by atoms with E-state index in [4.69, 9.17) is 4.42 Å². The van der Waals surface area contributed by atoms with Crippen LogP contribution in [0.25, 0.3) is 11.3 Å². The summed E-state index contributed by atoms with van der Waals surface area (Å²) in [7, 11) is 0. The Morgan fingerprint density at radius 3 is 2.62 bits per heavy atom. The number of aromatic nitrogens is 4. The lowest BCUT2D eigenvalue weighted by Crippen LogP contribution is -2.36. The van der Waals surface area contributed by atoms with Crippen LogP contribution >= 0.6 is 0 Å². The van der Waals surface area contributed by atoms with E-state index in [1.54, 1.807) is 26.0 Å². The molecule has 0 aliphatic heterocycles. The van der Waals surface area contributed by atoms with Gasteiger partial charge in [-0.1, -0.05) is 0 Å². The van der Waals surface area contributed by atoms with Crippen LogP contribution in [0.4, 0.5) is 4.39 Å². The Labute approximate surface area is 147 Å². The van der Waals surface area contributed by atoms with E-state index in [1.807, 2.05) is 0 Å². The third kappa shape index (κ3) is 3.82. The molecule has 9 heteroatoms. The van der Waals surface area contributed by atoms with Crippen LogP contribution in [0.15, 0.2) is 45.6 Å². The van der Waals surface area contributed by atoms with Gasteiger partial charge in [-0.3, -0.25) is 9.59 Å². The third-order valence-electron chi connectivity index (χ3n) is 3.69. The zero-order valence-electron chi connectivity index (χ0n) is 14.1. The Balaban J connectivity index is 1.78. The predicted molar refractivity (Wildman–Crippen MR) is 89.5 cm³/mol. The highest BCUT2D eigenvalue weighted by Gasteiger charge is 2.18. The Morgan fingerprint density at radius 1 is 1.23 bits per heavy atom. The number of benzene rings is 1. The monoisotopic (exact) mass is 357 g/mol. The average molecular weight is 357 g/mol. The molecule has 0 saturated heterocycles. The van der Waals surface area contributed by atoms with Crippen molar-refractivity contribution >= 4 is 5.91 Å². The largest absolute Gasteiger partial charge is 0.424 e. The van der Waals surface area contributed by atoms with Gasteiger partial charge in [0.2, 0.25) is 17.7 Å². The Kier molecular flexibility index (Phi) is 4.87. The van der Waals surface area contributed by atoms with Crippen LogP contribution in [0.1, 0.15) is 24.7 Å². The molecule has 1 N–H and O–H groups in total. The van der Waals surface area contributed by atoms with Crippen LogP contribution in [-0.2, 0) is 11.3 Å². The number of amides is 1. The van der Waals surface area contributed by atoms with E-state index in [0.717, 1.165) is 4.68 Å². The first-order chi connectivity index (χ1) is 12.4. The number of nitrogens with zero attached hydrogens (tertiary/aromatic N) is 4. The molecule has 0 fully saturated rings. The summed E-state index contributed by atoms with van der Waals surface area (Å²) in [6.07, 6.45) is 0. The van der Waals surface area contributed by atoms with E-state index >= 15 is 0 Å². The summed E-state index contributed by atoms with van der Waals surface area (Å²) in [6, 6.07) is 7.69. The lowest BCUT2D eigenvalue weighted by molar-refractivity contribution is -0.124. The van der Waals surface area contributed by atoms with E-state index in [-0.39, 0.29) is 18.3 Å². The van der Waals surface area contributed by atoms with Gasteiger partial charge in [0.15, 0.2) is 0 Å². The highest BCUT2D eigenvalue weighted by molar-refractivity contribution is 5.79. The summed E-state index contributed by atoms with van der Waals surface area (Å²) in [5.74, 6) is -0.131. The van der Waals surface area contributed by atoms with Crippen molar-refractivity contribution < 1.29 is 13.6 Å². The first-order valence-electron chi connectivity index (χ1n) is 7.86. The molecule has 2 aromatic heterocycles. The van der Waals surface area contributed by atoms with E-state index < -0.39 is 17.5 Å². The van der Waals surface area contributed by atoms with Crippen molar-refractivity contribution in [1.82, 2.24) is 25.3 Å². The molecule has 0 radical (unpaired) electrons. The number of carbonyl (C=O) groups excluding carboxylic acids is 1. The predicted octanol–water partition coefficient (Wildman–Crippen LogP) is 1.62. The minimum absolute atomic E-state index is 0.0520. The zero-order chi connectivity index (χ0) is 18.7. The summed E-state index contributed by atoms with van der Waals surface area (Å²) in [6.45, 7) is 3.25. The average Bonchev–Trinajstić information content (AvgIpc) is 3.05. The van der Waals surface area contributed by atoms with Gasteiger partial charge < -0.3 is 9.73 Å². The molecule has 3 aromatic rings. The minimum atomic E-state index is -0.855. The van der Waals surface area contributed by atoms with Gasteiger partial charge in [-0.15, -0.1) is 10.2 Å². The van der Waals surface area contributed by atoms with Crippen LogP contribution in [-0.4, -0.2) is 25.9 Å². The summed E-state index contributed by atoms with van der Waals surface area (Å²) < 4.78 is 19.3. The number of hydrogen-bond donors (Lipinski definition) is 1. The Morgan fingerprint density at radius 2 is 1.96 bits per heavy atom. The van der Waals surface area contributed by atoms with Crippen LogP contribution < -0.4 is 10.9 Å². The first-order valence-corrected chi connectivity index (χ1v) is 7.86. The number of aryl methyl sites for hydroxylation is 1. The summed E-state index contributed by atoms with van der Waals surface area (Å²) in [5, 5.41) is 14.3. The van der Waals surface area contributed by atoms with E-state index in [0.29, 0.717) is 17.1 Å². The Hall–Kier alpha value is -3.36. The second kappa shape index (κ2) is 7.26. The Bertz CT molecular complexity index is 981. The van der Waals surface area contributed by atoms with Crippen molar-refractivity contribution in [3.8, 4) is 11.3 Å². The molecule has 134 valence electrons. The molecular formula is C17H16FN5O3. The van der Waals surface area contributed by atoms with Crippen molar-refractivity contribution in [3.63, 3.8) is 0 Å². The lowest BCUT2D eigenvalue weighted by Gasteiger charge is -2.14. The molecular weight excluding hydrogens is 341 g/mol. The SMILES string of the molecule is Cc1nnc(CNC(=O)C(C)n2nc(-c3ccc(F)cc3)ccc2=O)o1. The maximum Gasteiger partial charge on any atom is 0.267 e. The number of carbonyl (C=O) groups is 1. The summed E-state index contributed by atoms with van der Waals surface area (Å²) in [5.41, 5.74) is 0.665. The maximum atomic E-state index is 13.1. The van der Waals surface area contributed by atoms with Gasteiger partial charge in [-0.2, -0.15) is 5.10 Å². The molecule has 1 amide bonds. The van der Waals surface area contributed by atoms with Crippen molar-refractivity contribution in [2.24, 2.45) is 0 Å². The number of nitrogens with one attached hydrogen (secondary N) is 1. The fourth-order valence-electron chi connectivity index (χ4n) is 2.31. The molecule has 26 heavy (non-hydrogen) atoms. The minimum Gasteiger partial charge on any atom is -0.424 e. The lowest BCUT2D eigenvalue weighted by atomic mass is 10.1. The van der Waals surface area contributed by atoms with Gasteiger partial charge in [0.25, 0.3) is 5.56 Å². The number of rotatable bonds is 5. The number of halogens is 1. The van der Waals surface area contributed by atoms with Gasteiger partial charge >= 0.3 is 0 Å². The third-order valence-corrected chi connectivity index (χ3v) is 3.69. The van der Waals surface area contributed by atoms with Gasteiger partial charge in [-0.25, -0.2) is 9.07 Å². The summed E-state index contributed by atoms with van der Waals surface area (Å²) in [4.78, 5) is 24.4. The molecule has 0 bridgehead atoms. The fourth-order valence-corrected chi connectivity index (χ4v) is 2.31. The van der Waals surface area contributed by atoms with Crippen molar-refractivity contribution in [2.45, 2.75) is 26.4 Å². The smallest absolute Gasteiger partial charge is 0.267 e. The van der Waals surface area contributed by atoms with Crippen LogP contribution in [0.5, 0.6) is 0 Å². The maximum absolute atomic E-state index is 13.1. The topological polar surface area (TPSA) is 103 Å². The molecule has 3 rings (SSSR count). The molecule has 2 heterocycles. The van der Waals surface area contributed by atoms with Gasteiger partial charge in [0, 0.05) is 18.6 Å². The second-order valence-corrected chi connectivity index (χ2v) is 5.62. The van der Waals surface area contributed by atoms with E-state index in [1.165, 1.54) is 24.3 Å². The molecule has 1 unspecified atom stereocenters. The zero-order valence-corrected chi connectivity index (χ0v) is 14.1. The standard InChI is InChI=1S/C17H16FN5O3/c1-10(17(25)19-9-15-21-20-11(2)26-15)23-16(24)8-7-14(22-23)12-3-5-13(18)6-4-12/h3-8,10H,9H2,1-2H3,(H,19,25). The molecule has 1 aromatic carbocycles. The fraction of sp³-hybridized carbons (Fsp3) is 0.235. The first kappa shape index (κ1) is 17.5. The van der Waals surface area contributed by atoms with E-state index in [9.17, 15) is 14.0 Å². The van der Waals surface area contributed by atoms with Gasteiger partial charge in [0.1, 0.15) is 11.9 Å². The molecule has 0 aliphatic carbocycles. The normalized spacial score (nSPS) is 12.0. The van der Waals surface area contributed by atoms with Crippen molar-refractivity contribution in [2.75, 3.05) is 0 Å². The highest BCUT2D eigenvalue weighted by Crippen LogP contribution is 2.16. The van der Waals surface area contributed by atoms with E-state index in [2.05, 4.69) is 20.6 Å². The van der Waals surface area contributed by atoms with Crippen molar-refractivity contribution in [1.29, 1.82) is 0 Å². The van der Waals surface area contributed by atoms with Crippen molar-refractivity contribution in [3.05, 3.63) is 64.4 Å². The second-order valence-electron chi connectivity index (χ2n) is 5.62.